The molecule has 0 radical (unpaired) electrons. The Morgan fingerprint density at radius 2 is 2.43 bits per heavy atom. The van der Waals surface area contributed by atoms with Crippen LogP contribution < -0.4 is 5.56 Å². The number of hydrogen-bond acceptors (Lipinski definition) is 3. The standard InChI is InChI=1S/C10H14N2OS/c1-2-4-8-11-7-5-3-6-14-9(7)10(13)12-8/h2-6H2,1H3,(H,11,12,13). The number of aryl methyl sites for hydroxylation is 2. The van der Waals surface area contributed by atoms with Crippen LogP contribution in [0.25, 0.3) is 0 Å². The van der Waals surface area contributed by atoms with Gasteiger partial charge in [-0.15, -0.1) is 11.8 Å². The topological polar surface area (TPSA) is 45.8 Å². The highest BCUT2D eigenvalue weighted by atomic mass is 32.2. The van der Waals surface area contributed by atoms with E-state index in [0.29, 0.717) is 0 Å². The molecule has 1 aliphatic rings. The van der Waals surface area contributed by atoms with E-state index in [2.05, 4.69) is 16.9 Å². The molecule has 1 aromatic heterocycles. The largest absolute Gasteiger partial charge is 0.310 e. The summed E-state index contributed by atoms with van der Waals surface area (Å²) >= 11 is 1.64. The van der Waals surface area contributed by atoms with Crippen molar-refractivity contribution < 1.29 is 0 Å². The molecule has 1 N–H and O–H groups in total. The minimum atomic E-state index is 0.0585. The lowest BCUT2D eigenvalue weighted by Gasteiger charge is -2.13. The van der Waals surface area contributed by atoms with Gasteiger partial charge in [0.05, 0.1) is 10.6 Å². The van der Waals surface area contributed by atoms with E-state index in [1.54, 1.807) is 11.8 Å². The SMILES string of the molecule is CCCc1nc2c(c(=O)[nH]1)SCCC2. The van der Waals surface area contributed by atoms with Gasteiger partial charge in [-0.25, -0.2) is 4.98 Å². The van der Waals surface area contributed by atoms with E-state index in [0.717, 1.165) is 47.8 Å². The first-order chi connectivity index (χ1) is 6.81. The molecular weight excluding hydrogens is 196 g/mol. The Hall–Kier alpha value is -0.770. The molecular formula is C10H14N2OS. The van der Waals surface area contributed by atoms with E-state index >= 15 is 0 Å². The summed E-state index contributed by atoms with van der Waals surface area (Å²) in [6, 6.07) is 0. The summed E-state index contributed by atoms with van der Waals surface area (Å²) in [5.41, 5.74) is 1.07. The molecule has 0 fully saturated rings. The van der Waals surface area contributed by atoms with Crippen molar-refractivity contribution >= 4 is 11.8 Å². The van der Waals surface area contributed by atoms with Crippen molar-refractivity contribution in [2.75, 3.05) is 5.75 Å². The summed E-state index contributed by atoms with van der Waals surface area (Å²) in [5, 5.41) is 0. The molecule has 0 saturated carbocycles. The van der Waals surface area contributed by atoms with Gasteiger partial charge in [0.1, 0.15) is 5.82 Å². The summed E-state index contributed by atoms with van der Waals surface area (Å²) in [4.78, 5) is 19.8. The first kappa shape index (κ1) is 9.77. The lowest BCUT2D eigenvalue weighted by molar-refractivity contribution is 0.750. The lowest BCUT2D eigenvalue weighted by Crippen LogP contribution is -2.19. The highest BCUT2D eigenvalue weighted by Gasteiger charge is 2.15. The van der Waals surface area contributed by atoms with Crippen molar-refractivity contribution in [3.8, 4) is 0 Å². The summed E-state index contributed by atoms with van der Waals surface area (Å²) in [7, 11) is 0. The second-order valence-electron chi connectivity index (χ2n) is 3.49. The first-order valence-corrected chi connectivity index (χ1v) is 6.04. The quantitative estimate of drug-likeness (QED) is 0.809. The third-order valence-corrected chi connectivity index (χ3v) is 3.49. The number of thioether (sulfide) groups is 1. The van der Waals surface area contributed by atoms with Crippen molar-refractivity contribution in [3.63, 3.8) is 0 Å². The van der Waals surface area contributed by atoms with Crippen molar-refractivity contribution in [2.45, 2.75) is 37.5 Å². The van der Waals surface area contributed by atoms with Crippen LogP contribution in [-0.2, 0) is 12.8 Å². The Balaban J connectivity index is 2.41. The molecule has 1 aromatic rings. The lowest BCUT2D eigenvalue weighted by atomic mass is 10.2. The van der Waals surface area contributed by atoms with E-state index in [4.69, 9.17) is 0 Å². The first-order valence-electron chi connectivity index (χ1n) is 5.06. The Kier molecular flexibility index (Phi) is 2.91. The maximum Gasteiger partial charge on any atom is 0.264 e. The number of aromatic nitrogens is 2. The van der Waals surface area contributed by atoms with E-state index in [1.807, 2.05) is 0 Å². The molecule has 3 nitrogen and oxygen atoms in total. The smallest absolute Gasteiger partial charge is 0.264 e. The van der Waals surface area contributed by atoms with Crippen LogP contribution in [0, 0.1) is 0 Å². The van der Waals surface area contributed by atoms with Crippen LogP contribution >= 0.6 is 11.8 Å². The average molecular weight is 210 g/mol. The molecule has 0 aliphatic carbocycles. The van der Waals surface area contributed by atoms with Gasteiger partial charge in [0, 0.05) is 6.42 Å². The maximum absolute atomic E-state index is 11.6. The van der Waals surface area contributed by atoms with Crippen LogP contribution in [0.2, 0.25) is 0 Å². The molecule has 0 saturated heterocycles. The Morgan fingerprint density at radius 3 is 3.21 bits per heavy atom. The van der Waals surface area contributed by atoms with Gasteiger partial charge in [-0.05, 0) is 25.0 Å². The normalized spacial score (nSPS) is 15.2. The molecule has 0 unspecified atom stereocenters. The zero-order valence-corrected chi connectivity index (χ0v) is 9.12. The van der Waals surface area contributed by atoms with Crippen molar-refractivity contribution in [2.24, 2.45) is 0 Å². The number of nitrogens with zero attached hydrogens (tertiary/aromatic N) is 1. The van der Waals surface area contributed by atoms with Gasteiger partial charge in [-0.3, -0.25) is 4.79 Å². The number of aromatic amines is 1. The highest BCUT2D eigenvalue weighted by molar-refractivity contribution is 7.99. The van der Waals surface area contributed by atoms with E-state index in [-0.39, 0.29) is 5.56 Å². The third kappa shape index (κ3) is 1.85. The Morgan fingerprint density at radius 1 is 1.57 bits per heavy atom. The molecule has 0 atom stereocenters. The number of H-pyrrole nitrogens is 1. The zero-order valence-electron chi connectivity index (χ0n) is 8.30. The molecule has 0 spiro atoms. The van der Waals surface area contributed by atoms with Crippen LogP contribution in [0.15, 0.2) is 9.69 Å². The van der Waals surface area contributed by atoms with Crippen LogP contribution in [0.1, 0.15) is 31.3 Å². The number of hydrogen-bond donors (Lipinski definition) is 1. The molecule has 0 amide bonds. The predicted octanol–water partition coefficient (Wildman–Crippen LogP) is 1.76. The summed E-state index contributed by atoms with van der Waals surface area (Å²) in [6.45, 7) is 2.09. The zero-order chi connectivity index (χ0) is 9.97. The van der Waals surface area contributed by atoms with Crippen molar-refractivity contribution in [3.05, 3.63) is 21.9 Å². The fourth-order valence-corrected chi connectivity index (χ4v) is 2.64. The molecule has 0 aromatic carbocycles. The van der Waals surface area contributed by atoms with Gasteiger partial charge in [-0.2, -0.15) is 0 Å². The molecule has 1 aliphatic heterocycles. The van der Waals surface area contributed by atoms with Crippen molar-refractivity contribution in [1.82, 2.24) is 9.97 Å². The van der Waals surface area contributed by atoms with E-state index < -0.39 is 0 Å². The van der Waals surface area contributed by atoms with Gasteiger partial charge in [0.15, 0.2) is 0 Å². The van der Waals surface area contributed by atoms with Gasteiger partial charge >= 0.3 is 0 Å². The summed E-state index contributed by atoms with van der Waals surface area (Å²) in [6.07, 6.45) is 3.99. The number of nitrogens with one attached hydrogen (secondary N) is 1. The van der Waals surface area contributed by atoms with Crippen LogP contribution in [-0.4, -0.2) is 15.7 Å². The monoisotopic (exact) mass is 210 g/mol. The van der Waals surface area contributed by atoms with E-state index in [9.17, 15) is 4.79 Å². The minimum Gasteiger partial charge on any atom is -0.310 e. The molecule has 14 heavy (non-hydrogen) atoms. The molecule has 2 rings (SSSR count). The highest BCUT2D eigenvalue weighted by Crippen LogP contribution is 2.24. The second-order valence-corrected chi connectivity index (χ2v) is 4.60. The number of fused-ring (bicyclic) bond motifs is 1. The van der Waals surface area contributed by atoms with Gasteiger partial charge in [-0.1, -0.05) is 6.92 Å². The summed E-state index contributed by atoms with van der Waals surface area (Å²) < 4.78 is 0. The van der Waals surface area contributed by atoms with E-state index in [1.165, 1.54) is 0 Å². The second kappa shape index (κ2) is 4.17. The summed E-state index contributed by atoms with van der Waals surface area (Å²) in [5.74, 6) is 1.89. The number of rotatable bonds is 2. The van der Waals surface area contributed by atoms with Crippen molar-refractivity contribution in [1.29, 1.82) is 0 Å². The maximum atomic E-state index is 11.6. The van der Waals surface area contributed by atoms with Crippen LogP contribution in [0.3, 0.4) is 0 Å². The fraction of sp³-hybridized carbons (Fsp3) is 0.600. The Labute approximate surface area is 87.3 Å². The molecule has 4 heteroatoms. The fourth-order valence-electron chi connectivity index (χ4n) is 1.65. The minimum absolute atomic E-state index is 0.0585. The van der Waals surface area contributed by atoms with Gasteiger partial charge in [0.2, 0.25) is 0 Å². The van der Waals surface area contributed by atoms with Gasteiger partial charge in [0.25, 0.3) is 5.56 Å². The molecule has 76 valence electrons. The molecule has 2 heterocycles. The Bertz CT molecular complexity index is 386. The van der Waals surface area contributed by atoms with Crippen LogP contribution in [0.5, 0.6) is 0 Å². The average Bonchev–Trinajstić information content (AvgIpc) is 2.18. The predicted molar refractivity (Wildman–Crippen MR) is 57.9 cm³/mol. The third-order valence-electron chi connectivity index (χ3n) is 2.29. The van der Waals surface area contributed by atoms with Gasteiger partial charge < -0.3 is 4.98 Å². The molecule has 0 bridgehead atoms. The van der Waals surface area contributed by atoms with Crippen LogP contribution in [0.4, 0.5) is 0 Å².